The molecule has 4 rings (SSSR count). The number of imidazole rings is 1. The molecule has 0 saturated carbocycles. The number of anilines is 1. The number of aromatic nitrogens is 2. The molecular formula is C21H17N3O5S. The number of para-hydroxylation sites is 2. The number of sulfonamides is 1. The van der Waals surface area contributed by atoms with Gasteiger partial charge in [0.15, 0.2) is 0 Å². The van der Waals surface area contributed by atoms with Crippen molar-refractivity contribution >= 4 is 32.7 Å². The minimum Gasteiger partial charge on any atom is -0.496 e. The summed E-state index contributed by atoms with van der Waals surface area (Å²) in [6, 6.07) is 18.1. The summed E-state index contributed by atoms with van der Waals surface area (Å²) in [6.07, 6.45) is 1.67. The molecule has 0 radical (unpaired) electrons. The summed E-state index contributed by atoms with van der Waals surface area (Å²) in [6.45, 7) is 0. The number of benzene rings is 3. The second-order valence-corrected chi connectivity index (χ2v) is 8.11. The highest BCUT2D eigenvalue weighted by Crippen LogP contribution is 2.26. The van der Waals surface area contributed by atoms with Crippen LogP contribution in [-0.4, -0.2) is 36.2 Å². The number of carboxylic acid groups (broad SMARTS) is 1. The van der Waals surface area contributed by atoms with Gasteiger partial charge in [-0.3, -0.25) is 9.29 Å². The summed E-state index contributed by atoms with van der Waals surface area (Å²) in [5.41, 5.74) is 2.69. The first kappa shape index (κ1) is 19.5. The van der Waals surface area contributed by atoms with Crippen molar-refractivity contribution < 1.29 is 23.1 Å². The zero-order valence-electron chi connectivity index (χ0n) is 15.8. The maximum Gasteiger partial charge on any atom is 0.339 e. The van der Waals surface area contributed by atoms with Gasteiger partial charge in [-0.15, -0.1) is 0 Å². The molecule has 1 heterocycles. The van der Waals surface area contributed by atoms with E-state index in [1.54, 1.807) is 24.5 Å². The van der Waals surface area contributed by atoms with Gasteiger partial charge in [-0.05, 0) is 42.5 Å². The molecule has 0 fully saturated rings. The van der Waals surface area contributed by atoms with Gasteiger partial charge in [0, 0.05) is 11.8 Å². The standard InChI is InChI=1S/C21H17N3O5S/c1-29-20-12-16(9-10-17(20)21(25)26)30(27,28)23-14-5-4-6-15(11-14)24-13-22-18-7-2-3-8-19(18)24/h2-13,23H,1H3,(H,25,26). The van der Waals surface area contributed by atoms with Crippen molar-refractivity contribution in [1.29, 1.82) is 0 Å². The van der Waals surface area contributed by atoms with E-state index in [4.69, 9.17) is 9.84 Å². The van der Waals surface area contributed by atoms with Crippen molar-refractivity contribution in [3.63, 3.8) is 0 Å². The van der Waals surface area contributed by atoms with E-state index in [9.17, 15) is 13.2 Å². The van der Waals surface area contributed by atoms with Gasteiger partial charge >= 0.3 is 5.97 Å². The van der Waals surface area contributed by atoms with Crippen LogP contribution in [-0.2, 0) is 10.0 Å². The van der Waals surface area contributed by atoms with E-state index in [0.29, 0.717) is 5.69 Å². The van der Waals surface area contributed by atoms with Crippen LogP contribution in [0.5, 0.6) is 5.75 Å². The lowest BCUT2D eigenvalue weighted by Crippen LogP contribution is -2.14. The lowest BCUT2D eigenvalue weighted by Gasteiger charge is -2.12. The molecule has 0 atom stereocenters. The fourth-order valence-electron chi connectivity index (χ4n) is 3.11. The van der Waals surface area contributed by atoms with Gasteiger partial charge in [-0.1, -0.05) is 18.2 Å². The van der Waals surface area contributed by atoms with Gasteiger partial charge < -0.3 is 9.84 Å². The van der Waals surface area contributed by atoms with E-state index in [1.807, 2.05) is 34.9 Å². The Hall–Kier alpha value is -3.85. The van der Waals surface area contributed by atoms with Gasteiger partial charge in [-0.25, -0.2) is 18.2 Å². The molecular weight excluding hydrogens is 406 g/mol. The number of rotatable bonds is 6. The summed E-state index contributed by atoms with van der Waals surface area (Å²) in [5, 5.41) is 9.17. The highest BCUT2D eigenvalue weighted by molar-refractivity contribution is 7.92. The first-order valence-corrected chi connectivity index (χ1v) is 10.3. The normalized spacial score (nSPS) is 11.4. The van der Waals surface area contributed by atoms with E-state index in [0.717, 1.165) is 16.7 Å². The molecule has 0 bridgehead atoms. The van der Waals surface area contributed by atoms with Crippen molar-refractivity contribution in [1.82, 2.24) is 9.55 Å². The Morgan fingerprint density at radius 3 is 2.63 bits per heavy atom. The monoisotopic (exact) mass is 423 g/mol. The third kappa shape index (κ3) is 3.58. The maximum absolute atomic E-state index is 12.8. The average molecular weight is 423 g/mol. The fourth-order valence-corrected chi connectivity index (χ4v) is 4.18. The van der Waals surface area contributed by atoms with Crippen LogP contribution in [0.3, 0.4) is 0 Å². The minimum absolute atomic E-state index is 0.0380. The average Bonchev–Trinajstić information content (AvgIpc) is 3.17. The first-order chi connectivity index (χ1) is 14.4. The minimum atomic E-state index is -3.96. The lowest BCUT2D eigenvalue weighted by atomic mass is 10.2. The molecule has 3 aromatic carbocycles. The number of ether oxygens (including phenoxy) is 1. The summed E-state index contributed by atoms with van der Waals surface area (Å²) in [4.78, 5) is 15.5. The van der Waals surface area contributed by atoms with Crippen molar-refractivity contribution in [3.05, 3.63) is 78.6 Å². The summed E-state index contributed by atoms with van der Waals surface area (Å²) in [7, 11) is -2.68. The number of carbonyl (C=O) groups is 1. The van der Waals surface area contributed by atoms with Crippen molar-refractivity contribution in [2.75, 3.05) is 11.8 Å². The van der Waals surface area contributed by atoms with Crippen LogP contribution in [0.4, 0.5) is 5.69 Å². The Balaban J connectivity index is 1.68. The van der Waals surface area contributed by atoms with Crippen LogP contribution in [0.15, 0.2) is 78.0 Å². The Morgan fingerprint density at radius 1 is 1.07 bits per heavy atom. The zero-order chi connectivity index (χ0) is 21.3. The maximum atomic E-state index is 12.8. The molecule has 0 spiro atoms. The van der Waals surface area contributed by atoms with Crippen LogP contribution in [0.1, 0.15) is 10.4 Å². The molecule has 0 aliphatic heterocycles. The number of hydrogen-bond donors (Lipinski definition) is 2. The van der Waals surface area contributed by atoms with Crippen LogP contribution in [0, 0.1) is 0 Å². The predicted octanol–water partition coefficient (Wildman–Crippen LogP) is 3.53. The van der Waals surface area contributed by atoms with E-state index in [2.05, 4.69) is 9.71 Å². The molecule has 1 aromatic heterocycles. The number of nitrogens with one attached hydrogen (secondary N) is 1. The second-order valence-electron chi connectivity index (χ2n) is 6.43. The number of nitrogens with zero attached hydrogens (tertiary/aromatic N) is 2. The van der Waals surface area contributed by atoms with Crippen LogP contribution < -0.4 is 9.46 Å². The Kier molecular flexibility index (Phi) is 4.88. The number of carboxylic acids is 1. The molecule has 30 heavy (non-hydrogen) atoms. The molecule has 0 aliphatic carbocycles. The van der Waals surface area contributed by atoms with Crippen molar-refractivity contribution in [2.45, 2.75) is 4.90 Å². The third-order valence-electron chi connectivity index (χ3n) is 4.54. The Labute approximate surface area is 172 Å². The van der Waals surface area contributed by atoms with Crippen LogP contribution in [0.25, 0.3) is 16.7 Å². The topological polar surface area (TPSA) is 111 Å². The van der Waals surface area contributed by atoms with E-state index in [1.165, 1.54) is 25.3 Å². The van der Waals surface area contributed by atoms with Crippen molar-refractivity contribution in [2.24, 2.45) is 0 Å². The molecule has 0 unspecified atom stereocenters. The molecule has 9 heteroatoms. The van der Waals surface area contributed by atoms with Crippen LogP contribution >= 0.6 is 0 Å². The SMILES string of the molecule is COc1cc(S(=O)(=O)Nc2cccc(-n3cnc4ccccc43)c2)ccc1C(=O)O. The van der Waals surface area contributed by atoms with Gasteiger partial charge in [0.05, 0.1) is 28.7 Å². The number of hydrogen-bond acceptors (Lipinski definition) is 5. The largest absolute Gasteiger partial charge is 0.496 e. The van der Waals surface area contributed by atoms with E-state index < -0.39 is 16.0 Å². The highest BCUT2D eigenvalue weighted by Gasteiger charge is 2.19. The van der Waals surface area contributed by atoms with Gasteiger partial charge in [0.2, 0.25) is 0 Å². The highest BCUT2D eigenvalue weighted by atomic mass is 32.2. The number of aromatic carboxylic acids is 1. The molecule has 0 saturated heterocycles. The number of methoxy groups -OCH3 is 1. The predicted molar refractivity (Wildman–Crippen MR) is 112 cm³/mol. The quantitative estimate of drug-likeness (QED) is 0.491. The number of fused-ring (bicyclic) bond motifs is 1. The molecule has 4 aromatic rings. The van der Waals surface area contributed by atoms with Gasteiger partial charge in [0.1, 0.15) is 17.6 Å². The van der Waals surface area contributed by atoms with E-state index >= 15 is 0 Å². The third-order valence-corrected chi connectivity index (χ3v) is 5.92. The first-order valence-electron chi connectivity index (χ1n) is 8.86. The Bertz CT molecular complexity index is 1360. The van der Waals surface area contributed by atoms with Gasteiger partial charge in [0.25, 0.3) is 10.0 Å². The molecule has 152 valence electrons. The smallest absolute Gasteiger partial charge is 0.339 e. The Morgan fingerprint density at radius 2 is 1.87 bits per heavy atom. The van der Waals surface area contributed by atoms with Crippen molar-refractivity contribution in [3.8, 4) is 11.4 Å². The summed E-state index contributed by atoms with van der Waals surface area (Å²) < 4.78 is 35.1. The zero-order valence-corrected chi connectivity index (χ0v) is 16.6. The molecule has 0 amide bonds. The van der Waals surface area contributed by atoms with E-state index in [-0.39, 0.29) is 16.2 Å². The molecule has 8 nitrogen and oxygen atoms in total. The molecule has 0 aliphatic rings. The second kappa shape index (κ2) is 7.53. The van der Waals surface area contributed by atoms with Crippen LogP contribution in [0.2, 0.25) is 0 Å². The van der Waals surface area contributed by atoms with Gasteiger partial charge in [-0.2, -0.15) is 0 Å². The summed E-state index contributed by atoms with van der Waals surface area (Å²) >= 11 is 0. The lowest BCUT2D eigenvalue weighted by molar-refractivity contribution is 0.0693. The summed E-state index contributed by atoms with van der Waals surface area (Å²) in [5.74, 6) is -1.24. The molecule has 2 N–H and O–H groups in total. The fraction of sp³-hybridized carbons (Fsp3) is 0.0476.